The lowest BCUT2D eigenvalue weighted by Crippen LogP contribution is -2.31. The molecule has 1 unspecified atom stereocenters. The van der Waals surface area contributed by atoms with Gasteiger partial charge in [0, 0.05) is 32.5 Å². The van der Waals surface area contributed by atoms with Crippen LogP contribution in [0.1, 0.15) is 12.0 Å². The number of carbonyl (C=O) groups excluding carboxylic acids is 1. The maximum atomic E-state index is 11.6. The van der Waals surface area contributed by atoms with Gasteiger partial charge in [-0.1, -0.05) is 0 Å². The minimum absolute atomic E-state index is 0.0944. The number of pyridine rings is 1. The molecule has 0 spiro atoms. The Morgan fingerprint density at radius 2 is 2.33 bits per heavy atom. The van der Waals surface area contributed by atoms with Crippen molar-refractivity contribution in [2.45, 2.75) is 19.1 Å². The lowest BCUT2D eigenvalue weighted by atomic mass is 10.2. The molecule has 0 fully saturated rings. The third-order valence-electron chi connectivity index (χ3n) is 2.51. The fourth-order valence-electron chi connectivity index (χ4n) is 1.41. The minimum atomic E-state index is -0.239. The first-order valence-corrected chi connectivity index (χ1v) is 5.68. The van der Waals surface area contributed by atoms with Gasteiger partial charge in [-0.05, 0) is 11.6 Å². The number of aromatic nitrogens is 1. The Bertz CT molecular complexity index is 381. The average molecular weight is 253 g/mol. The van der Waals surface area contributed by atoms with E-state index < -0.39 is 0 Å². The molecule has 100 valence electrons. The third-order valence-corrected chi connectivity index (χ3v) is 2.51. The van der Waals surface area contributed by atoms with E-state index in [0.717, 1.165) is 5.56 Å². The highest BCUT2D eigenvalue weighted by Crippen LogP contribution is 2.08. The van der Waals surface area contributed by atoms with Crippen LogP contribution >= 0.6 is 0 Å². The van der Waals surface area contributed by atoms with Gasteiger partial charge in [0.05, 0.1) is 19.6 Å². The summed E-state index contributed by atoms with van der Waals surface area (Å²) in [6.07, 6.45) is 1.66. The summed E-state index contributed by atoms with van der Waals surface area (Å²) in [5.74, 6) is 0.432. The van der Waals surface area contributed by atoms with Crippen LogP contribution in [-0.4, -0.2) is 37.8 Å². The normalized spacial score (nSPS) is 11.9. The number of hydrogen-bond acceptors (Lipinski definition) is 5. The molecular formula is C12H19N3O3. The molecule has 6 heteroatoms. The molecule has 1 rings (SSSR count). The van der Waals surface area contributed by atoms with Crippen LogP contribution in [0.5, 0.6) is 5.88 Å². The molecule has 3 N–H and O–H groups in total. The van der Waals surface area contributed by atoms with Gasteiger partial charge < -0.3 is 20.5 Å². The van der Waals surface area contributed by atoms with Crippen LogP contribution in [0.4, 0.5) is 0 Å². The largest absolute Gasteiger partial charge is 0.481 e. The first-order valence-electron chi connectivity index (χ1n) is 5.68. The number of carbonyl (C=O) groups is 1. The Morgan fingerprint density at radius 1 is 1.56 bits per heavy atom. The Labute approximate surface area is 106 Å². The van der Waals surface area contributed by atoms with Crippen LogP contribution in [-0.2, 0) is 16.1 Å². The van der Waals surface area contributed by atoms with Gasteiger partial charge in [0.15, 0.2) is 0 Å². The Morgan fingerprint density at radius 3 is 2.94 bits per heavy atom. The van der Waals surface area contributed by atoms with E-state index >= 15 is 0 Å². The van der Waals surface area contributed by atoms with Crippen molar-refractivity contribution in [3.05, 3.63) is 23.9 Å². The molecule has 1 aromatic rings. The summed E-state index contributed by atoms with van der Waals surface area (Å²) in [7, 11) is 3.09. The zero-order valence-corrected chi connectivity index (χ0v) is 10.7. The SMILES string of the molecule is COc1cc(CNC(=O)CC(CN)OC)ccn1. The van der Waals surface area contributed by atoms with Crippen molar-refractivity contribution < 1.29 is 14.3 Å². The molecule has 1 aromatic heterocycles. The van der Waals surface area contributed by atoms with Crippen LogP contribution in [0.15, 0.2) is 18.3 Å². The van der Waals surface area contributed by atoms with Crippen LogP contribution < -0.4 is 15.8 Å². The molecule has 0 aromatic carbocycles. The molecule has 0 aliphatic carbocycles. The van der Waals surface area contributed by atoms with Gasteiger partial charge in [0.2, 0.25) is 11.8 Å². The molecular weight excluding hydrogens is 234 g/mol. The second kappa shape index (κ2) is 7.62. The molecule has 1 atom stereocenters. The lowest BCUT2D eigenvalue weighted by Gasteiger charge is -2.12. The summed E-state index contributed by atoms with van der Waals surface area (Å²) in [6, 6.07) is 3.59. The minimum Gasteiger partial charge on any atom is -0.481 e. The first kappa shape index (κ1) is 14.4. The number of nitrogens with two attached hydrogens (primary N) is 1. The summed E-state index contributed by atoms with van der Waals surface area (Å²) in [5.41, 5.74) is 6.37. The molecule has 0 aliphatic heterocycles. The van der Waals surface area contributed by atoms with Crippen LogP contribution in [0.25, 0.3) is 0 Å². The average Bonchev–Trinajstić information content (AvgIpc) is 2.42. The summed E-state index contributed by atoms with van der Waals surface area (Å²) in [4.78, 5) is 15.6. The van der Waals surface area contributed by atoms with E-state index in [9.17, 15) is 4.79 Å². The van der Waals surface area contributed by atoms with E-state index in [0.29, 0.717) is 19.0 Å². The third kappa shape index (κ3) is 4.68. The predicted molar refractivity (Wildman–Crippen MR) is 67.1 cm³/mol. The zero-order chi connectivity index (χ0) is 13.4. The Kier molecular flexibility index (Phi) is 6.10. The highest BCUT2D eigenvalue weighted by Gasteiger charge is 2.10. The molecule has 0 radical (unpaired) electrons. The number of nitrogens with one attached hydrogen (secondary N) is 1. The molecule has 1 amide bonds. The van der Waals surface area contributed by atoms with Gasteiger partial charge in [-0.15, -0.1) is 0 Å². The number of rotatable bonds is 7. The van der Waals surface area contributed by atoms with Crippen molar-refractivity contribution in [2.24, 2.45) is 5.73 Å². The lowest BCUT2D eigenvalue weighted by molar-refractivity contribution is -0.123. The summed E-state index contributed by atoms with van der Waals surface area (Å²) < 4.78 is 10.0. The van der Waals surface area contributed by atoms with E-state index in [-0.39, 0.29) is 18.4 Å². The van der Waals surface area contributed by atoms with Crippen LogP contribution in [0.3, 0.4) is 0 Å². The summed E-state index contributed by atoms with van der Waals surface area (Å²) >= 11 is 0. The summed E-state index contributed by atoms with van der Waals surface area (Å²) in [6.45, 7) is 0.756. The van der Waals surface area contributed by atoms with Crippen molar-refractivity contribution in [2.75, 3.05) is 20.8 Å². The second-order valence-corrected chi connectivity index (χ2v) is 3.78. The van der Waals surface area contributed by atoms with Gasteiger partial charge >= 0.3 is 0 Å². The molecule has 0 bridgehead atoms. The molecule has 18 heavy (non-hydrogen) atoms. The van der Waals surface area contributed by atoms with Gasteiger partial charge in [-0.25, -0.2) is 4.98 Å². The number of nitrogens with zero attached hydrogens (tertiary/aromatic N) is 1. The van der Waals surface area contributed by atoms with Crippen molar-refractivity contribution in [3.63, 3.8) is 0 Å². The first-order chi connectivity index (χ1) is 8.69. The molecule has 6 nitrogen and oxygen atoms in total. The summed E-state index contributed by atoms with van der Waals surface area (Å²) in [5, 5.41) is 2.79. The second-order valence-electron chi connectivity index (χ2n) is 3.78. The molecule has 0 saturated carbocycles. The van der Waals surface area contributed by atoms with Crippen molar-refractivity contribution in [1.29, 1.82) is 0 Å². The topological polar surface area (TPSA) is 86.5 Å². The Balaban J connectivity index is 2.42. The Hall–Kier alpha value is -1.66. The predicted octanol–water partition coefficient (Wildman–Crippen LogP) is 0.0702. The highest BCUT2D eigenvalue weighted by molar-refractivity contribution is 5.76. The molecule has 1 heterocycles. The number of methoxy groups -OCH3 is 2. The number of amides is 1. The zero-order valence-electron chi connectivity index (χ0n) is 10.7. The van der Waals surface area contributed by atoms with E-state index in [1.165, 1.54) is 0 Å². The maximum absolute atomic E-state index is 11.6. The van der Waals surface area contributed by atoms with E-state index in [2.05, 4.69) is 10.3 Å². The fraction of sp³-hybridized carbons (Fsp3) is 0.500. The van der Waals surface area contributed by atoms with Crippen LogP contribution in [0.2, 0.25) is 0 Å². The quantitative estimate of drug-likeness (QED) is 0.718. The van der Waals surface area contributed by atoms with Gasteiger partial charge in [-0.2, -0.15) is 0 Å². The van der Waals surface area contributed by atoms with E-state index in [1.54, 1.807) is 26.5 Å². The van der Waals surface area contributed by atoms with Gasteiger partial charge in [-0.3, -0.25) is 4.79 Å². The molecule has 0 saturated heterocycles. The van der Waals surface area contributed by atoms with E-state index in [1.807, 2.05) is 6.07 Å². The van der Waals surface area contributed by atoms with Crippen molar-refractivity contribution >= 4 is 5.91 Å². The van der Waals surface area contributed by atoms with Crippen LogP contribution in [0, 0.1) is 0 Å². The monoisotopic (exact) mass is 253 g/mol. The standard InChI is InChI=1S/C12H19N3O3/c1-17-10(7-13)6-11(16)15-8-9-3-4-14-12(5-9)18-2/h3-5,10H,6-8,13H2,1-2H3,(H,15,16). The molecule has 0 aliphatic rings. The highest BCUT2D eigenvalue weighted by atomic mass is 16.5. The van der Waals surface area contributed by atoms with Crippen molar-refractivity contribution in [3.8, 4) is 5.88 Å². The number of hydrogen-bond donors (Lipinski definition) is 2. The van der Waals surface area contributed by atoms with Gasteiger partial charge in [0.1, 0.15) is 0 Å². The smallest absolute Gasteiger partial charge is 0.222 e. The fourth-order valence-corrected chi connectivity index (χ4v) is 1.41. The van der Waals surface area contributed by atoms with E-state index in [4.69, 9.17) is 15.2 Å². The van der Waals surface area contributed by atoms with Gasteiger partial charge in [0.25, 0.3) is 0 Å². The number of ether oxygens (including phenoxy) is 2. The van der Waals surface area contributed by atoms with Crippen molar-refractivity contribution in [1.82, 2.24) is 10.3 Å². The maximum Gasteiger partial charge on any atom is 0.222 e.